The van der Waals surface area contributed by atoms with E-state index in [2.05, 4.69) is 43.4 Å². The van der Waals surface area contributed by atoms with Gasteiger partial charge in [0.15, 0.2) is 0 Å². The average Bonchev–Trinajstić information content (AvgIpc) is 3.19. The fourth-order valence-corrected chi connectivity index (χ4v) is 3.87. The van der Waals surface area contributed by atoms with Gasteiger partial charge in [0, 0.05) is 12.6 Å². The van der Waals surface area contributed by atoms with Crippen LogP contribution in [0.3, 0.4) is 0 Å². The molecule has 2 aliphatic rings. The SMILES string of the molecule is CCC1(CNC(c2ccc(C)cc2)C2CC2)CCCC1. The van der Waals surface area contributed by atoms with Crippen LogP contribution in [0, 0.1) is 18.3 Å². The van der Waals surface area contributed by atoms with Gasteiger partial charge >= 0.3 is 0 Å². The summed E-state index contributed by atoms with van der Waals surface area (Å²) in [7, 11) is 0. The smallest absolute Gasteiger partial charge is 0.0348 e. The molecular weight excluding hydrogens is 242 g/mol. The molecule has 0 saturated heterocycles. The zero-order chi connectivity index (χ0) is 14.0. The minimum Gasteiger partial charge on any atom is -0.309 e. The van der Waals surface area contributed by atoms with Crippen LogP contribution in [0.2, 0.25) is 0 Å². The first-order valence-corrected chi connectivity index (χ1v) is 8.52. The van der Waals surface area contributed by atoms with E-state index in [0.29, 0.717) is 11.5 Å². The third kappa shape index (κ3) is 3.09. The van der Waals surface area contributed by atoms with Crippen molar-refractivity contribution in [2.45, 2.75) is 64.8 Å². The van der Waals surface area contributed by atoms with E-state index in [-0.39, 0.29) is 0 Å². The molecule has 2 fully saturated rings. The maximum atomic E-state index is 3.95. The second kappa shape index (κ2) is 5.89. The average molecular weight is 271 g/mol. The summed E-state index contributed by atoms with van der Waals surface area (Å²) >= 11 is 0. The van der Waals surface area contributed by atoms with E-state index in [1.54, 1.807) is 0 Å². The molecule has 20 heavy (non-hydrogen) atoms. The van der Waals surface area contributed by atoms with Gasteiger partial charge in [-0.05, 0) is 55.9 Å². The third-order valence-electron chi connectivity index (χ3n) is 5.64. The molecule has 1 nitrogen and oxygen atoms in total. The summed E-state index contributed by atoms with van der Waals surface area (Å²) in [6.45, 7) is 5.78. The molecule has 2 aliphatic carbocycles. The highest BCUT2D eigenvalue weighted by Gasteiger charge is 2.36. The first kappa shape index (κ1) is 14.1. The van der Waals surface area contributed by atoms with Crippen LogP contribution in [0.25, 0.3) is 0 Å². The van der Waals surface area contributed by atoms with Crippen molar-refractivity contribution < 1.29 is 0 Å². The lowest BCUT2D eigenvalue weighted by Gasteiger charge is -2.31. The summed E-state index contributed by atoms with van der Waals surface area (Å²) in [5.74, 6) is 0.882. The maximum Gasteiger partial charge on any atom is 0.0348 e. The minimum absolute atomic E-state index is 0.595. The van der Waals surface area contributed by atoms with Crippen LogP contribution in [0.15, 0.2) is 24.3 Å². The van der Waals surface area contributed by atoms with E-state index in [1.165, 1.54) is 62.6 Å². The molecule has 0 radical (unpaired) electrons. The topological polar surface area (TPSA) is 12.0 Å². The molecule has 2 saturated carbocycles. The van der Waals surface area contributed by atoms with E-state index in [1.807, 2.05) is 0 Å². The van der Waals surface area contributed by atoms with Crippen LogP contribution in [-0.4, -0.2) is 6.54 Å². The minimum atomic E-state index is 0.595. The fourth-order valence-electron chi connectivity index (χ4n) is 3.87. The summed E-state index contributed by atoms with van der Waals surface area (Å²) in [5, 5.41) is 3.95. The Labute approximate surface area is 124 Å². The normalized spacial score (nSPS) is 22.9. The Morgan fingerprint density at radius 1 is 1.15 bits per heavy atom. The number of nitrogens with one attached hydrogen (secondary N) is 1. The van der Waals surface area contributed by atoms with Gasteiger partial charge in [0.05, 0.1) is 0 Å². The number of hydrogen-bond donors (Lipinski definition) is 1. The molecule has 110 valence electrons. The van der Waals surface area contributed by atoms with Crippen molar-refractivity contribution in [2.24, 2.45) is 11.3 Å². The zero-order valence-corrected chi connectivity index (χ0v) is 13.1. The van der Waals surface area contributed by atoms with Crippen molar-refractivity contribution in [3.8, 4) is 0 Å². The second-order valence-electron chi connectivity index (χ2n) is 7.17. The number of rotatable bonds is 6. The van der Waals surface area contributed by atoms with Gasteiger partial charge in [0.1, 0.15) is 0 Å². The molecule has 0 aromatic heterocycles. The van der Waals surface area contributed by atoms with Gasteiger partial charge in [-0.25, -0.2) is 0 Å². The lowest BCUT2D eigenvalue weighted by Crippen LogP contribution is -2.35. The highest BCUT2D eigenvalue weighted by molar-refractivity contribution is 5.25. The van der Waals surface area contributed by atoms with E-state index in [4.69, 9.17) is 0 Å². The van der Waals surface area contributed by atoms with Gasteiger partial charge in [0.25, 0.3) is 0 Å². The first-order chi connectivity index (χ1) is 9.72. The van der Waals surface area contributed by atoms with Gasteiger partial charge in [-0.1, -0.05) is 49.6 Å². The molecule has 1 aromatic carbocycles. The molecule has 1 aromatic rings. The number of hydrogen-bond acceptors (Lipinski definition) is 1. The van der Waals surface area contributed by atoms with Crippen LogP contribution in [-0.2, 0) is 0 Å². The van der Waals surface area contributed by atoms with Gasteiger partial charge in [-0.15, -0.1) is 0 Å². The molecule has 0 amide bonds. The van der Waals surface area contributed by atoms with Crippen molar-refractivity contribution >= 4 is 0 Å². The predicted octanol–water partition coefficient (Wildman–Crippen LogP) is 5.01. The van der Waals surface area contributed by atoms with Crippen molar-refractivity contribution in [1.82, 2.24) is 5.32 Å². The quantitative estimate of drug-likeness (QED) is 0.767. The fraction of sp³-hybridized carbons (Fsp3) is 0.684. The van der Waals surface area contributed by atoms with Crippen LogP contribution >= 0.6 is 0 Å². The van der Waals surface area contributed by atoms with Crippen LogP contribution in [0.1, 0.15) is 69.0 Å². The summed E-state index contributed by atoms with van der Waals surface area (Å²) in [5.41, 5.74) is 3.46. The molecule has 0 aliphatic heterocycles. The zero-order valence-electron chi connectivity index (χ0n) is 13.1. The third-order valence-corrected chi connectivity index (χ3v) is 5.64. The standard InChI is InChI=1S/C19H29N/c1-3-19(12-4-5-13-19)14-20-18(17-10-11-17)16-8-6-15(2)7-9-16/h6-9,17-18,20H,3-5,10-14H2,1-2H3. The van der Waals surface area contributed by atoms with Crippen molar-refractivity contribution in [1.29, 1.82) is 0 Å². The van der Waals surface area contributed by atoms with Gasteiger partial charge < -0.3 is 5.32 Å². The molecule has 0 spiro atoms. The highest BCUT2D eigenvalue weighted by atomic mass is 14.9. The van der Waals surface area contributed by atoms with Crippen LogP contribution in [0.5, 0.6) is 0 Å². The Hall–Kier alpha value is -0.820. The lowest BCUT2D eigenvalue weighted by atomic mass is 9.83. The lowest BCUT2D eigenvalue weighted by molar-refractivity contribution is 0.250. The van der Waals surface area contributed by atoms with E-state index in [0.717, 1.165) is 5.92 Å². The van der Waals surface area contributed by atoms with Crippen LogP contribution in [0.4, 0.5) is 0 Å². The predicted molar refractivity (Wildman–Crippen MR) is 85.8 cm³/mol. The summed E-state index contributed by atoms with van der Waals surface area (Å²) in [4.78, 5) is 0. The molecule has 3 rings (SSSR count). The number of aryl methyl sites for hydroxylation is 1. The van der Waals surface area contributed by atoms with E-state index >= 15 is 0 Å². The summed E-state index contributed by atoms with van der Waals surface area (Å²) in [6.07, 6.45) is 9.90. The summed E-state index contributed by atoms with van der Waals surface area (Å²) in [6, 6.07) is 9.78. The second-order valence-corrected chi connectivity index (χ2v) is 7.17. The largest absolute Gasteiger partial charge is 0.309 e. The molecule has 1 N–H and O–H groups in total. The van der Waals surface area contributed by atoms with E-state index in [9.17, 15) is 0 Å². The first-order valence-electron chi connectivity index (χ1n) is 8.52. The Kier molecular flexibility index (Phi) is 4.16. The van der Waals surface area contributed by atoms with Gasteiger partial charge in [-0.3, -0.25) is 0 Å². The van der Waals surface area contributed by atoms with Crippen molar-refractivity contribution in [3.63, 3.8) is 0 Å². The van der Waals surface area contributed by atoms with E-state index < -0.39 is 0 Å². The molecule has 1 heteroatoms. The van der Waals surface area contributed by atoms with Crippen molar-refractivity contribution in [3.05, 3.63) is 35.4 Å². The molecular formula is C19H29N. The monoisotopic (exact) mass is 271 g/mol. The Morgan fingerprint density at radius 2 is 1.80 bits per heavy atom. The van der Waals surface area contributed by atoms with Crippen LogP contribution < -0.4 is 5.32 Å². The van der Waals surface area contributed by atoms with Crippen molar-refractivity contribution in [2.75, 3.05) is 6.54 Å². The molecule has 1 unspecified atom stereocenters. The van der Waals surface area contributed by atoms with Gasteiger partial charge in [-0.2, -0.15) is 0 Å². The highest BCUT2D eigenvalue weighted by Crippen LogP contribution is 2.44. The van der Waals surface area contributed by atoms with Gasteiger partial charge in [0.2, 0.25) is 0 Å². The molecule has 0 heterocycles. The Bertz CT molecular complexity index is 424. The number of benzene rings is 1. The Balaban J connectivity index is 1.67. The molecule has 1 atom stereocenters. The summed E-state index contributed by atoms with van der Waals surface area (Å²) < 4.78 is 0. The Morgan fingerprint density at radius 3 is 2.35 bits per heavy atom. The maximum absolute atomic E-state index is 3.95. The molecule has 0 bridgehead atoms.